The Hall–Kier alpha value is -0.940. The van der Waals surface area contributed by atoms with Gasteiger partial charge in [0.25, 0.3) is 0 Å². The Morgan fingerprint density at radius 3 is 2.75 bits per heavy atom. The molecular formula is C15H20FNO2S. The summed E-state index contributed by atoms with van der Waals surface area (Å²) >= 11 is 0. The van der Waals surface area contributed by atoms with Crippen LogP contribution in [-0.2, 0) is 9.84 Å². The SMILES string of the molecule is O=S1(=O)CCC(CNC2CC(c3cccc(F)c3)C2)C1. The van der Waals surface area contributed by atoms with Gasteiger partial charge in [-0.3, -0.25) is 0 Å². The predicted molar refractivity (Wildman–Crippen MR) is 76.9 cm³/mol. The lowest BCUT2D eigenvalue weighted by atomic mass is 9.76. The molecule has 1 heterocycles. The summed E-state index contributed by atoms with van der Waals surface area (Å²) in [6.07, 6.45) is 2.82. The van der Waals surface area contributed by atoms with E-state index in [1.807, 2.05) is 6.07 Å². The van der Waals surface area contributed by atoms with Crippen molar-refractivity contribution in [2.75, 3.05) is 18.1 Å². The normalized spacial score (nSPS) is 31.9. The minimum absolute atomic E-state index is 0.171. The van der Waals surface area contributed by atoms with Gasteiger partial charge in [0.2, 0.25) is 0 Å². The third kappa shape index (κ3) is 3.20. The lowest BCUT2D eigenvalue weighted by Crippen LogP contribution is -2.42. The van der Waals surface area contributed by atoms with Crippen molar-refractivity contribution in [2.24, 2.45) is 5.92 Å². The zero-order chi connectivity index (χ0) is 14.2. The Kier molecular flexibility index (Phi) is 3.82. The highest BCUT2D eigenvalue weighted by molar-refractivity contribution is 7.91. The van der Waals surface area contributed by atoms with Gasteiger partial charge in [-0.05, 0) is 55.3 Å². The summed E-state index contributed by atoms with van der Waals surface area (Å²) in [4.78, 5) is 0. The van der Waals surface area contributed by atoms with Gasteiger partial charge in [0, 0.05) is 6.04 Å². The predicted octanol–water partition coefficient (Wildman–Crippen LogP) is 2.10. The molecule has 5 heteroatoms. The minimum Gasteiger partial charge on any atom is -0.314 e. The van der Waals surface area contributed by atoms with Gasteiger partial charge in [-0.1, -0.05) is 12.1 Å². The molecule has 1 N–H and O–H groups in total. The van der Waals surface area contributed by atoms with E-state index in [2.05, 4.69) is 5.32 Å². The molecule has 3 rings (SSSR count). The molecule has 1 saturated carbocycles. The van der Waals surface area contributed by atoms with Gasteiger partial charge in [-0.2, -0.15) is 0 Å². The molecule has 110 valence electrons. The Morgan fingerprint density at radius 2 is 2.10 bits per heavy atom. The van der Waals surface area contributed by atoms with Crippen LogP contribution >= 0.6 is 0 Å². The van der Waals surface area contributed by atoms with Crippen molar-refractivity contribution in [2.45, 2.75) is 31.2 Å². The minimum atomic E-state index is -2.77. The van der Waals surface area contributed by atoms with Crippen LogP contribution in [0.2, 0.25) is 0 Å². The van der Waals surface area contributed by atoms with E-state index in [0.717, 1.165) is 31.4 Å². The molecule has 2 aliphatic rings. The summed E-state index contributed by atoms with van der Waals surface area (Å²) in [5.41, 5.74) is 1.08. The van der Waals surface area contributed by atoms with E-state index in [1.165, 1.54) is 6.07 Å². The van der Waals surface area contributed by atoms with E-state index in [1.54, 1.807) is 12.1 Å². The zero-order valence-electron chi connectivity index (χ0n) is 11.4. The van der Waals surface area contributed by atoms with Crippen LogP contribution in [0.3, 0.4) is 0 Å². The summed E-state index contributed by atoms with van der Waals surface area (Å²) in [5.74, 6) is 1.22. The average molecular weight is 297 g/mol. The van der Waals surface area contributed by atoms with E-state index < -0.39 is 9.84 Å². The highest BCUT2D eigenvalue weighted by Crippen LogP contribution is 2.37. The van der Waals surface area contributed by atoms with Crippen molar-refractivity contribution in [3.63, 3.8) is 0 Å². The second kappa shape index (κ2) is 5.45. The van der Waals surface area contributed by atoms with Crippen LogP contribution in [0.5, 0.6) is 0 Å². The molecule has 1 aliphatic carbocycles. The summed E-state index contributed by atoms with van der Waals surface area (Å²) in [7, 11) is -2.77. The number of sulfone groups is 1. The summed E-state index contributed by atoms with van der Waals surface area (Å²) < 4.78 is 35.9. The van der Waals surface area contributed by atoms with Gasteiger partial charge in [0.15, 0.2) is 9.84 Å². The quantitative estimate of drug-likeness (QED) is 0.925. The van der Waals surface area contributed by atoms with Crippen LogP contribution in [0.15, 0.2) is 24.3 Å². The fraction of sp³-hybridized carbons (Fsp3) is 0.600. The number of benzene rings is 1. The molecule has 0 amide bonds. The maximum atomic E-state index is 13.1. The third-order valence-corrected chi connectivity index (χ3v) is 6.32. The van der Waals surface area contributed by atoms with Gasteiger partial charge in [0.1, 0.15) is 5.82 Å². The van der Waals surface area contributed by atoms with Crippen molar-refractivity contribution in [1.82, 2.24) is 5.32 Å². The third-order valence-electron chi connectivity index (χ3n) is 4.48. The van der Waals surface area contributed by atoms with Gasteiger partial charge in [-0.25, -0.2) is 12.8 Å². The number of hydrogen-bond acceptors (Lipinski definition) is 3. The average Bonchev–Trinajstić information content (AvgIpc) is 2.67. The van der Waals surface area contributed by atoms with Crippen LogP contribution in [0, 0.1) is 11.7 Å². The molecule has 1 aliphatic heterocycles. The number of hydrogen-bond donors (Lipinski definition) is 1. The highest BCUT2D eigenvalue weighted by atomic mass is 32.2. The van der Waals surface area contributed by atoms with Gasteiger partial charge >= 0.3 is 0 Å². The van der Waals surface area contributed by atoms with E-state index in [0.29, 0.717) is 23.5 Å². The standard InChI is InChI=1S/C15H20FNO2S/c16-14-3-1-2-12(6-14)13-7-15(8-13)17-9-11-4-5-20(18,19)10-11/h1-3,6,11,13,15,17H,4-5,7-10H2. The lowest BCUT2D eigenvalue weighted by molar-refractivity contribution is 0.279. The monoisotopic (exact) mass is 297 g/mol. The molecule has 0 aromatic heterocycles. The first-order valence-electron chi connectivity index (χ1n) is 7.21. The van der Waals surface area contributed by atoms with Gasteiger partial charge < -0.3 is 5.32 Å². The molecule has 1 aromatic carbocycles. The lowest BCUT2D eigenvalue weighted by Gasteiger charge is -2.37. The maximum Gasteiger partial charge on any atom is 0.150 e. The van der Waals surface area contributed by atoms with Gasteiger partial charge in [0.05, 0.1) is 11.5 Å². The molecule has 20 heavy (non-hydrogen) atoms. The Labute approximate surface area is 119 Å². The Balaban J connectivity index is 1.43. The van der Waals surface area contributed by atoms with Crippen molar-refractivity contribution >= 4 is 9.84 Å². The fourth-order valence-corrected chi connectivity index (χ4v) is 5.05. The summed E-state index contributed by atoms with van der Waals surface area (Å²) in [6, 6.07) is 7.28. The molecule has 3 nitrogen and oxygen atoms in total. The smallest absolute Gasteiger partial charge is 0.150 e. The molecule has 2 fully saturated rings. The largest absolute Gasteiger partial charge is 0.314 e. The molecule has 0 bridgehead atoms. The Bertz CT molecular complexity index is 581. The van der Waals surface area contributed by atoms with Crippen molar-refractivity contribution in [3.8, 4) is 0 Å². The number of rotatable bonds is 4. The maximum absolute atomic E-state index is 13.1. The molecule has 0 spiro atoms. The van der Waals surface area contributed by atoms with Crippen LogP contribution in [-0.4, -0.2) is 32.5 Å². The van der Waals surface area contributed by atoms with E-state index >= 15 is 0 Å². The summed E-state index contributed by atoms with van der Waals surface area (Å²) in [6.45, 7) is 0.791. The number of halogens is 1. The second-order valence-electron chi connectivity index (χ2n) is 6.10. The number of nitrogens with one attached hydrogen (secondary N) is 1. The second-order valence-corrected chi connectivity index (χ2v) is 8.33. The molecule has 1 atom stereocenters. The van der Waals surface area contributed by atoms with E-state index in [-0.39, 0.29) is 11.7 Å². The first kappa shape index (κ1) is 14.0. The molecular weight excluding hydrogens is 277 g/mol. The van der Waals surface area contributed by atoms with Crippen molar-refractivity contribution < 1.29 is 12.8 Å². The molecule has 1 saturated heterocycles. The van der Waals surface area contributed by atoms with Crippen LogP contribution in [0.1, 0.15) is 30.7 Å². The van der Waals surface area contributed by atoms with Crippen LogP contribution < -0.4 is 5.32 Å². The first-order valence-corrected chi connectivity index (χ1v) is 9.03. The van der Waals surface area contributed by atoms with Gasteiger partial charge in [-0.15, -0.1) is 0 Å². The van der Waals surface area contributed by atoms with E-state index in [9.17, 15) is 12.8 Å². The molecule has 1 aromatic rings. The highest BCUT2D eigenvalue weighted by Gasteiger charge is 2.32. The van der Waals surface area contributed by atoms with Crippen molar-refractivity contribution in [3.05, 3.63) is 35.6 Å². The van der Waals surface area contributed by atoms with Crippen molar-refractivity contribution in [1.29, 1.82) is 0 Å². The van der Waals surface area contributed by atoms with E-state index in [4.69, 9.17) is 0 Å². The first-order chi connectivity index (χ1) is 9.52. The zero-order valence-corrected chi connectivity index (χ0v) is 12.2. The molecule has 0 radical (unpaired) electrons. The Morgan fingerprint density at radius 1 is 1.30 bits per heavy atom. The summed E-state index contributed by atoms with van der Waals surface area (Å²) in [5, 5.41) is 3.45. The van der Waals surface area contributed by atoms with Crippen LogP contribution in [0.4, 0.5) is 4.39 Å². The fourth-order valence-electron chi connectivity index (χ4n) is 3.18. The topological polar surface area (TPSA) is 46.2 Å². The van der Waals surface area contributed by atoms with Crippen LogP contribution in [0.25, 0.3) is 0 Å². The molecule has 1 unspecified atom stereocenters.